The van der Waals surface area contributed by atoms with Crippen LogP contribution in [-0.2, 0) is 9.53 Å². The number of esters is 1. The Bertz CT molecular complexity index is 674. The summed E-state index contributed by atoms with van der Waals surface area (Å²) in [6, 6.07) is 10.2. The van der Waals surface area contributed by atoms with Crippen molar-refractivity contribution in [3.63, 3.8) is 0 Å². The predicted molar refractivity (Wildman–Crippen MR) is 85.8 cm³/mol. The van der Waals surface area contributed by atoms with Gasteiger partial charge >= 0.3 is 5.97 Å². The van der Waals surface area contributed by atoms with Crippen molar-refractivity contribution in [3.8, 4) is 0 Å². The van der Waals surface area contributed by atoms with Gasteiger partial charge in [-0.15, -0.1) is 11.8 Å². The lowest BCUT2D eigenvalue weighted by Crippen LogP contribution is -2.17. The Hall–Kier alpha value is -2.54. The first-order valence-corrected chi connectivity index (χ1v) is 7.40. The number of methoxy groups -OCH3 is 1. The molecule has 1 aromatic carbocycles. The molecule has 0 aliphatic carbocycles. The number of thioether (sulfide) groups is 1. The van der Waals surface area contributed by atoms with Crippen molar-refractivity contribution in [2.75, 3.05) is 23.9 Å². The number of nitrogens with two attached hydrogens (primary N) is 1. The van der Waals surface area contributed by atoms with Crippen molar-refractivity contribution in [2.45, 2.75) is 4.90 Å². The highest BCUT2D eigenvalue weighted by atomic mass is 32.2. The molecule has 1 aromatic heterocycles. The van der Waals surface area contributed by atoms with Gasteiger partial charge in [-0.2, -0.15) is 0 Å². The van der Waals surface area contributed by atoms with E-state index in [1.807, 2.05) is 0 Å². The number of ether oxygens (including phenoxy) is 1. The van der Waals surface area contributed by atoms with Crippen LogP contribution in [0.3, 0.4) is 0 Å². The van der Waals surface area contributed by atoms with E-state index in [4.69, 9.17) is 5.73 Å². The highest BCUT2D eigenvalue weighted by molar-refractivity contribution is 8.00. The van der Waals surface area contributed by atoms with Crippen LogP contribution in [0.1, 0.15) is 10.4 Å². The van der Waals surface area contributed by atoms with Crippen LogP contribution >= 0.6 is 11.8 Å². The molecule has 0 radical (unpaired) electrons. The zero-order valence-electron chi connectivity index (χ0n) is 11.9. The standard InChI is InChI=1S/C15H15N3O3S/c1-21-15(20)11-4-2-3-5-12(11)18-14(19)9-22-10-6-7-13(16)17-8-10/h2-8H,9H2,1H3,(H2,16,17)(H,18,19). The van der Waals surface area contributed by atoms with E-state index in [1.54, 1.807) is 42.6 Å². The average molecular weight is 317 g/mol. The normalized spacial score (nSPS) is 10.0. The molecule has 0 fully saturated rings. The Balaban J connectivity index is 1.97. The summed E-state index contributed by atoms with van der Waals surface area (Å²) < 4.78 is 4.68. The van der Waals surface area contributed by atoms with Gasteiger partial charge in [-0.1, -0.05) is 12.1 Å². The summed E-state index contributed by atoms with van der Waals surface area (Å²) in [6.45, 7) is 0. The molecule has 7 heteroatoms. The molecule has 0 saturated heterocycles. The Morgan fingerprint density at radius 1 is 1.27 bits per heavy atom. The third kappa shape index (κ3) is 4.23. The lowest BCUT2D eigenvalue weighted by Gasteiger charge is -2.09. The van der Waals surface area contributed by atoms with Crippen LogP contribution < -0.4 is 11.1 Å². The first-order chi connectivity index (χ1) is 10.6. The number of pyridine rings is 1. The quantitative estimate of drug-likeness (QED) is 0.648. The first kappa shape index (κ1) is 15.8. The van der Waals surface area contributed by atoms with E-state index < -0.39 is 5.97 Å². The molecule has 0 spiro atoms. The van der Waals surface area contributed by atoms with Gasteiger partial charge in [-0.05, 0) is 24.3 Å². The minimum absolute atomic E-state index is 0.196. The smallest absolute Gasteiger partial charge is 0.339 e. The second-order valence-electron chi connectivity index (χ2n) is 4.29. The van der Waals surface area contributed by atoms with Crippen molar-refractivity contribution in [2.24, 2.45) is 0 Å². The van der Waals surface area contributed by atoms with Crippen molar-refractivity contribution in [1.82, 2.24) is 4.98 Å². The lowest BCUT2D eigenvalue weighted by molar-refractivity contribution is -0.113. The SMILES string of the molecule is COC(=O)c1ccccc1NC(=O)CSc1ccc(N)nc1. The second-order valence-corrected chi connectivity index (χ2v) is 5.34. The molecule has 22 heavy (non-hydrogen) atoms. The third-order valence-corrected chi connectivity index (χ3v) is 3.72. The number of nitrogens with one attached hydrogen (secondary N) is 1. The molecule has 0 bridgehead atoms. The Morgan fingerprint density at radius 2 is 2.05 bits per heavy atom. The summed E-state index contributed by atoms with van der Waals surface area (Å²) >= 11 is 1.33. The third-order valence-electron chi connectivity index (χ3n) is 2.74. The molecular weight excluding hydrogens is 302 g/mol. The number of nitrogens with zero attached hydrogens (tertiary/aromatic N) is 1. The lowest BCUT2D eigenvalue weighted by atomic mass is 10.2. The van der Waals surface area contributed by atoms with Crippen LogP contribution in [0.25, 0.3) is 0 Å². The minimum atomic E-state index is -0.494. The number of carbonyl (C=O) groups is 2. The van der Waals surface area contributed by atoms with Gasteiger partial charge < -0.3 is 15.8 Å². The maximum Gasteiger partial charge on any atom is 0.339 e. The fourth-order valence-electron chi connectivity index (χ4n) is 1.69. The maximum atomic E-state index is 12.0. The molecular formula is C15H15N3O3S. The minimum Gasteiger partial charge on any atom is -0.465 e. The number of hydrogen-bond donors (Lipinski definition) is 2. The van der Waals surface area contributed by atoms with Crippen molar-refractivity contribution in [3.05, 3.63) is 48.2 Å². The highest BCUT2D eigenvalue weighted by Crippen LogP contribution is 2.19. The Kier molecular flexibility index (Phi) is 5.37. The number of rotatable bonds is 5. The monoisotopic (exact) mass is 317 g/mol. The van der Waals surface area contributed by atoms with Crippen LogP contribution in [0.2, 0.25) is 0 Å². The van der Waals surface area contributed by atoms with Gasteiger partial charge in [0.2, 0.25) is 5.91 Å². The molecule has 114 valence electrons. The average Bonchev–Trinajstić information content (AvgIpc) is 2.54. The van der Waals surface area contributed by atoms with Crippen LogP contribution in [-0.4, -0.2) is 29.7 Å². The van der Waals surface area contributed by atoms with Gasteiger partial charge in [0.05, 0.1) is 24.1 Å². The Labute approximate surface area is 132 Å². The van der Waals surface area contributed by atoms with Crippen LogP contribution in [0.4, 0.5) is 11.5 Å². The van der Waals surface area contributed by atoms with E-state index >= 15 is 0 Å². The topological polar surface area (TPSA) is 94.3 Å². The van der Waals surface area contributed by atoms with Gasteiger partial charge in [-0.25, -0.2) is 9.78 Å². The van der Waals surface area contributed by atoms with Gasteiger partial charge in [-0.3, -0.25) is 4.79 Å². The first-order valence-electron chi connectivity index (χ1n) is 6.41. The number of nitrogen functional groups attached to an aromatic ring is 1. The molecule has 2 rings (SSSR count). The van der Waals surface area contributed by atoms with Gasteiger partial charge in [0, 0.05) is 11.1 Å². The van der Waals surface area contributed by atoms with E-state index in [0.717, 1.165) is 4.90 Å². The zero-order chi connectivity index (χ0) is 15.9. The van der Waals surface area contributed by atoms with Gasteiger partial charge in [0.25, 0.3) is 0 Å². The maximum absolute atomic E-state index is 12.0. The summed E-state index contributed by atoms with van der Waals surface area (Å²) in [7, 11) is 1.30. The number of aromatic nitrogens is 1. The molecule has 0 aliphatic heterocycles. The Morgan fingerprint density at radius 3 is 2.73 bits per heavy atom. The van der Waals surface area contributed by atoms with E-state index in [9.17, 15) is 9.59 Å². The van der Waals surface area contributed by atoms with E-state index in [2.05, 4.69) is 15.0 Å². The predicted octanol–water partition coefficient (Wildman–Crippen LogP) is 2.18. The largest absolute Gasteiger partial charge is 0.465 e. The summed E-state index contributed by atoms with van der Waals surface area (Å²) in [5.41, 5.74) is 6.24. The molecule has 6 nitrogen and oxygen atoms in total. The fraction of sp³-hybridized carbons (Fsp3) is 0.133. The van der Waals surface area contributed by atoms with Crippen LogP contribution in [0.15, 0.2) is 47.5 Å². The van der Waals surface area contributed by atoms with Crippen LogP contribution in [0, 0.1) is 0 Å². The van der Waals surface area contributed by atoms with Crippen molar-refractivity contribution in [1.29, 1.82) is 0 Å². The van der Waals surface area contributed by atoms with Crippen molar-refractivity contribution >= 4 is 35.1 Å². The summed E-state index contributed by atoms with van der Waals surface area (Å²) in [5.74, 6) is -0.0912. The summed E-state index contributed by atoms with van der Waals surface area (Å²) in [4.78, 5) is 28.4. The van der Waals surface area contributed by atoms with Gasteiger partial charge in [0.1, 0.15) is 5.82 Å². The number of anilines is 2. The molecule has 2 aromatic rings. The molecule has 0 saturated carbocycles. The summed E-state index contributed by atoms with van der Waals surface area (Å²) in [5, 5.41) is 2.70. The molecule has 0 aliphatic rings. The fourth-order valence-corrected chi connectivity index (χ4v) is 2.35. The van der Waals surface area contributed by atoms with Gasteiger partial charge in [0.15, 0.2) is 0 Å². The molecule has 0 unspecified atom stereocenters. The number of carbonyl (C=O) groups excluding carboxylic acids is 2. The molecule has 1 amide bonds. The van der Waals surface area contributed by atoms with E-state index in [0.29, 0.717) is 17.1 Å². The number of amides is 1. The second kappa shape index (κ2) is 7.46. The van der Waals surface area contributed by atoms with E-state index in [1.165, 1.54) is 18.9 Å². The van der Waals surface area contributed by atoms with Crippen LogP contribution in [0.5, 0.6) is 0 Å². The number of benzene rings is 1. The molecule has 0 atom stereocenters. The molecule has 1 heterocycles. The van der Waals surface area contributed by atoms with E-state index in [-0.39, 0.29) is 11.7 Å². The number of hydrogen-bond acceptors (Lipinski definition) is 6. The summed E-state index contributed by atoms with van der Waals surface area (Å²) in [6.07, 6.45) is 1.61. The zero-order valence-corrected chi connectivity index (χ0v) is 12.7. The highest BCUT2D eigenvalue weighted by Gasteiger charge is 2.13. The molecule has 3 N–H and O–H groups in total. The number of para-hydroxylation sites is 1. The van der Waals surface area contributed by atoms with Crippen molar-refractivity contribution < 1.29 is 14.3 Å².